The summed E-state index contributed by atoms with van der Waals surface area (Å²) in [6.07, 6.45) is -0.523. The smallest absolute Gasteiger partial charge is 0.303 e. The third-order valence-corrected chi connectivity index (χ3v) is 5.28. The van der Waals surface area contributed by atoms with Gasteiger partial charge in [0.05, 0.1) is 7.11 Å². The van der Waals surface area contributed by atoms with E-state index in [-0.39, 0.29) is 24.1 Å². The second-order valence-electron chi connectivity index (χ2n) is 7.72. The molecule has 31 heavy (non-hydrogen) atoms. The van der Waals surface area contributed by atoms with Crippen LogP contribution in [0.1, 0.15) is 24.0 Å². The third-order valence-electron chi connectivity index (χ3n) is 5.28. The highest BCUT2D eigenvalue weighted by molar-refractivity contribution is 6.00. The van der Waals surface area contributed by atoms with Crippen LogP contribution in [0.5, 0.6) is 11.5 Å². The van der Waals surface area contributed by atoms with Crippen LogP contribution < -0.4 is 9.64 Å². The topological polar surface area (TPSA) is 79.3 Å². The van der Waals surface area contributed by atoms with Crippen LogP contribution in [0.15, 0.2) is 42.5 Å². The average Bonchev–Trinajstić information content (AvgIpc) is 2.81. The summed E-state index contributed by atoms with van der Waals surface area (Å²) in [4.78, 5) is 29.1. The van der Waals surface area contributed by atoms with E-state index in [2.05, 4.69) is 0 Å². The highest BCUT2D eigenvalue weighted by atomic mass is 35.5. The summed E-state index contributed by atoms with van der Waals surface area (Å²) in [6.45, 7) is 2.40. The molecule has 1 N–H and O–H groups in total. The zero-order valence-corrected chi connectivity index (χ0v) is 19.0. The minimum Gasteiger partial charge on any atom is -0.508 e. The van der Waals surface area contributed by atoms with Crippen molar-refractivity contribution in [1.29, 1.82) is 0 Å². The summed E-state index contributed by atoms with van der Waals surface area (Å²) in [5.41, 5.74) is 2.42. The number of phenols is 1. The lowest BCUT2D eigenvalue weighted by Crippen LogP contribution is -2.45. The van der Waals surface area contributed by atoms with Crippen molar-refractivity contribution in [2.24, 2.45) is 0 Å². The fraction of sp³-hybridized carbons (Fsp3) is 0.391. The Morgan fingerprint density at radius 2 is 1.87 bits per heavy atom. The monoisotopic (exact) mass is 448 g/mol. The van der Waals surface area contributed by atoms with Gasteiger partial charge in [-0.2, -0.15) is 0 Å². The molecule has 0 aliphatic carbocycles. The van der Waals surface area contributed by atoms with Crippen molar-refractivity contribution in [2.75, 3.05) is 39.2 Å². The fourth-order valence-electron chi connectivity index (χ4n) is 3.77. The number of ether oxygens (including phenoxy) is 2. The number of likely N-dealkylation sites (N-methyl/N-ethyl adjacent to an activating group) is 1. The van der Waals surface area contributed by atoms with Crippen LogP contribution in [0, 0.1) is 0 Å². The van der Waals surface area contributed by atoms with Gasteiger partial charge in [0, 0.05) is 31.6 Å². The van der Waals surface area contributed by atoms with Crippen LogP contribution in [0.25, 0.3) is 0 Å². The van der Waals surface area contributed by atoms with Gasteiger partial charge in [0.2, 0.25) is 0 Å². The van der Waals surface area contributed by atoms with E-state index in [1.54, 1.807) is 30.2 Å². The summed E-state index contributed by atoms with van der Waals surface area (Å²) in [6, 6.07) is 12.4. The number of phenolic OH excluding ortho intramolecular Hbond substituents is 1. The number of carbonyl (C=O) groups is 2. The maximum Gasteiger partial charge on any atom is 0.303 e. The Morgan fingerprint density at radius 3 is 2.45 bits per heavy atom. The number of aromatic hydroxyl groups is 1. The molecule has 2 aromatic rings. The summed E-state index contributed by atoms with van der Waals surface area (Å²) >= 11 is 0. The van der Waals surface area contributed by atoms with Crippen LogP contribution >= 0.6 is 12.4 Å². The van der Waals surface area contributed by atoms with Gasteiger partial charge in [0.15, 0.2) is 6.10 Å². The van der Waals surface area contributed by atoms with E-state index < -0.39 is 18.0 Å². The lowest BCUT2D eigenvalue weighted by molar-refractivity contribution is -0.154. The molecule has 0 unspecified atom stereocenters. The zero-order chi connectivity index (χ0) is 21.8. The van der Waals surface area contributed by atoms with Crippen molar-refractivity contribution in [2.45, 2.75) is 25.4 Å². The van der Waals surface area contributed by atoms with Gasteiger partial charge >= 0.3 is 5.97 Å². The Morgan fingerprint density at radius 1 is 1.19 bits per heavy atom. The number of hydrogen-bond donors (Lipinski definition) is 1. The van der Waals surface area contributed by atoms with Gasteiger partial charge in [-0.1, -0.05) is 12.1 Å². The van der Waals surface area contributed by atoms with E-state index in [9.17, 15) is 14.7 Å². The molecule has 0 saturated carbocycles. The largest absolute Gasteiger partial charge is 0.508 e. The Hall–Kier alpha value is -2.77. The maximum absolute atomic E-state index is 13.6. The summed E-state index contributed by atoms with van der Waals surface area (Å²) in [7, 11) is 5.46. The van der Waals surface area contributed by atoms with Crippen molar-refractivity contribution >= 4 is 30.0 Å². The number of esters is 1. The fourth-order valence-corrected chi connectivity index (χ4v) is 3.77. The predicted octanol–water partition coefficient (Wildman–Crippen LogP) is 2.99. The Labute approximate surface area is 189 Å². The Kier molecular flexibility index (Phi) is 8.30. The van der Waals surface area contributed by atoms with Crippen molar-refractivity contribution in [3.05, 3.63) is 53.6 Å². The molecule has 1 heterocycles. The molecule has 0 spiro atoms. The molecular weight excluding hydrogens is 420 g/mol. The number of amides is 1. The van der Waals surface area contributed by atoms with Gasteiger partial charge in [-0.05, 0) is 62.0 Å². The van der Waals surface area contributed by atoms with Crippen LogP contribution in [-0.4, -0.2) is 62.3 Å². The highest BCUT2D eigenvalue weighted by Crippen LogP contribution is 2.38. The quantitative estimate of drug-likeness (QED) is 0.684. The van der Waals surface area contributed by atoms with E-state index in [1.807, 2.05) is 43.3 Å². The lowest BCUT2D eigenvalue weighted by Gasteiger charge is -2.29. The number of anilines is 1. The normalized spacial score (nSPS) is 18.1. The number of halogens is 1. The molecule has 1 amide bonds. The predicted molar refractivity (Wildman–Crippen MR) is 121 cm³/mol. The molecule has 3 rings (SSSR count). The first kappa shape index (κ1) is 24.5. The van der Waals surface area contributed by atoms with Gasteiger partial charge in [0.1, 0.15) is 11.5 Å². The highest BCUT2D eigenvalue weighted by Gasteiger charge is 2.40. The van der Waals surface area contributed by atoms with Crippen LogP contribution in [0.2, 0.25) is 0 Å². The Bertz CT molecular complexity index is 917. The molecule has 168 valence electrons. The molecule has 2 aromatic carbocycles. The molecule has 1 aliphatic heterocycles. The van der Waals surface area contributed by atoms with E-state index in [1.165, 1.54) is 6.92 Å². The molecule has 8 heteroatoms. The first-order valence-electron chi connectivity index (χ1n) is 9.89. The van der Waals surface area contributed by atoms with E-state index in [0.29, 0.717) is 25.3 Å². The average molecular weight is 449 g/mol. The molecule has 0 saturated heterocycles. The maximum atomic E-state index is 13.6. The minimum atomic E-state index is -0.965. The number of methoxy groups -OCH3 is 1. The summed E-state index contributed by atoms with van der Waals surface area (Å²) in [5.74, 6) is -0.329. The molecule has 7 nitrogen and oxygen atoms in total. The molecule has 0 aromatic heterocycles. The van der Waals surface area contributed by atoms with Gasteiger partial charge in [0.25, 0.3) is 5.91 Å². The molecular formula is C23H29ClN2O5. The number of nitrogens with zero attached hydrogens (tertiary/aromatic N) is 2. The molecule has 0 fully saturated rings. The van der Waals surface area contributed by atoms with Crippen molar-refractivity contribution in [3.63, 3.8) is 0 Å². The second-order valence-corrected chi connectivity index (χ2v) is 7.72. The first-order chi connectivity index (χ1) is 14.3. The minimum absolute atomic E-state index is 0. The standard InChI is InChI=1S/C23H28N2O5.ClH/c1-15(26)30-22-20(16-5-8-19(29-4)9-6-16)14-17-13-18(27)7-10-21(17)25(23(22)28)12-11-24(2)3;/h5-10,13,20,22,27H,11-12,14H2,1-4H3;1H/t20-,22+;/m1./s1. The second kappa shape index (κ2) is 10.5. The molecule has 0 radical (unpaired) electrons. The van der Waals surface area contributed by atoms with Gasteiger partial charge < -0.3 is 24.4 Å². The van der Waals surface area contributed by atoms with Crippen molar-refractivity contribution < 1.29 is 24.2 Å². The SMILES string of the molecule is COc1ccc([C@H]2Cc3cc(O)ccc3N(CCN(C)C)C(=O)[C@H]2OC(C)=O)cc1.Cl. The summed E-state index contributed by atoms with van der Waals surface area (Å²) in [5, 5.41) is 10.1. The van der Waals surface area contributed by atoms with E-state index in [0.717, 1.165) is 16.8 Å². The summed E-state index contributed by atoms with van der Waals surface area (Å²) < 4.78 is 10.8. The van der Waals surface area contributed by atoms with Crippen LogP contribution in [0.4, 0.5) is 5.69 Å². The number of rotatable bonds is 6. The van der Waals surface area contributed by atoms with Crippen molar-refractivity contribution in [3.8, 4) is 11.5 Å². The van der Waals surface area contributed by atoms with E-state index in [4.69, 9.17) is 9.47 Å². The van der Waals surface area contributed by atoms with Gasteiger partial charge in [-0.25, -0.2) is 0 Å². The number of carbonyl (C=O) groups excluding carboxylic acids is 2. The molecule has 2 atom stereocenters. The van der Waals surface area contributed by atoms with Gasteiger partial charge in [-0.3, -0.25) is 9.59 Å². The molecule has 1 aliphatic rings. The number of hydrogen-bond acceptors (Lipinski definition) is 6. The number of benzene rings is 2. The lowest BCUT2D eigenvalue weighted by atomic mass is 9.87. The first-order valence-corrected chi connectivity index (χ1v) is 9.89. The number of fused-ring (bicyclic) bond motifs is 1. The van der Waals surface area contributed by atoms with Gasteiger partial charge in [-0.15, -0.1) is 12.4 Å². The Balaban J connectivity index is 0.00000341. The third kappa shape index (κ3) is 5.68. The zero-order valence-electron chi connectivity index (χ0n) is 18.2. The van der Waals surface area contributed by atoms with Crippen LogP contribution in [0.3, 0.4) is 0 Å². The molecule has 0 bridgehead atoms. The van der Waals surface area contributed by atoms with E-state index >= 15 is 0 Å². The van der Waals surface area contributed by atoms with Crippen molar-refractivity contribution in [1.82, 2.24) is 4.90 Å². The van der Waals surface area contributed by atoms with Crippen LogP contribution in [-0.2, 0) is 20.7 Å².